The normalized spacial score (nSPS) is 10.7. The van der Waals surface area contributed by atoms with Crippen molar-refractivity contribution in [2.45, 2.75) is 0 Å². The van der Waals surface area contributed by atoms with Gasteiger partial charge in [0.1, 0.15) is 5.69 Å². The topological polar surface area (TPSA) is 66.0 Å². The van der Waals surface area contributed by atoms with Crippen LogP contribution < -0.4 is 0 Å². The molecule has 0 atom stereocenters. The zero-order chi connectivity index (χ0) is 12.5. The van der Waals surface area contributed by atoms with Crippen molar-refractivity contribution in [3.63, 3.8) is 0 Å². The molecule has 0 aliphatic rings. The minimum atomic E-state index is -0.960. The van der Waals surface area contributed by atoms with Crippen LogP contribution in [0.5, 0.6) is 0 Å². The molecule has 4 heteroatoms. The Labute approximate surface area is 103 Å². The van der Waals surface area contributed by atoms with Crippen LogP contribution in [0.3, 0.4) is 0 Å². The molecular formula is C14H10N2O2. The molecule has 0 saturated heterocycles. The molecule has 1 aromatic carbocycles. The van der Waals surface area contributed by atoms with E-state index in [2.05, 4.69) is 9.97 Å². The van der Waals surface area contributed by atoms with Gasteiger partial charge in [-0.1, -0.05) is 18.2 Å². The second-order valence-electron chi connectivity index (χ2n) is 3.96. The SMILES string of the molecule is O=C(O)c1[nH]c2ccccc2c1-c1ccncc1. The van der Waals surface area contributed by atoms with Crippen molar-refractivity contribution in [2.24, 2.45) is 0 Å². The fourth-order valence-electron chi connectivity index (χ4n) is 2.12. The summed E-state index contributed by atoms with van der Waals surface area (Å²) in [5.41, 5.74) is 2.59. The number of fused-ring (bicyclic) bond motifs is 1. The first-order valence-electron chi connectivity index (χ1n) is 5.52. The Kier molecular flexibility index (Phi) is 2.34. The van der Waals surface area contributed by atoms with E-state index in [-0.39, 0.29) is 5.69 Å². The maximum absolute atomic E-state index is 11.3. The minimum Gasteiger partial charge on any atom is -0.477 e. The van der Waals surface area contributed by atoms with Crippen LogP contribution in [-0.2, 0) is 0 Å². The van der Waals surface area contributed by atoms with E-state index in [0.29, 0.717) is 5.56 Å². The molecule has 0 amide bonds. The second kappa shape index (κ2) is 4.00. The van der Waals surface area contributed by atoms with Gasteiger partial charge in [-0.25, -0.2) is 4.79 Å². The lowest BCUT2D eigenvalue weighted by molar-refractivity contribution is 0.0692. The number of aromatic nitrogens is 2. The van der Waals surface area contributed by atoms with Crippen molar-refractivity contribution in [2.75, 3.05) is 0 Å². The van der Waals surface area contributed by atoms with Gasteiger partial charge >= 0.3 is 5.97 Å². The first-order valence-corrected chi connectivity index (χ1v) is 5.52. The number of benzene rings is 1. The number of rotatable bonds is 2. The average molecular weight is 238 g/mol. The number of pyridine rings is 1. The van der Waals surface area contributed by atoms with Gasteiger partial charge in [-0.2, -0.15) is 0 Å². The van der Waals surface area contributed by atoms with Crippen molar-refractivity contribution < 1.29 is 9.90 Å². The molecule has 0 saturated carbocycles. The minimum absolute atomic E-state index is 0.211. The molecule has 0 fully saturated rings. The predicted molar refractivity (Wildman–Crippen MR) is 68.5 cm³/mol. The lowest BCUT2D eigenvalue weighted by Crippen LogP contribution is -1.98. The maximum atomic E-state index is 11.3. The summed E-state index contributed by atoms with van der Waals surface area (Å²) >= 11 is 0. The molecule has 4 nitrogen and oxygen atoms in total. The lowest BCUT2D eigenvalue weighted by atomic mass is 10.0. The number of nitrogens with zero attached hydrogens (tertiary/aromatic N) is 1. The van der Waals surface area contributed by atoms with E-state index >= 15 is 0 Å². The first-order chi connectivity index (χ1) is 8.77. The molecule has 0 aliphatic carbocycles. The Morgan fingerprint density at radius 2 is 1.83 bits per heavy atom. The number of nitrogens with one attached hydrogen (secondary N) is 1. The zero-order valence-electron chi connectivity index (χ0n) is 9.42. The van der Waals surface area contributed by atoms with E-state index in [0.717, 1.165) is 16.5 Å². The molecule has 3 aromatic rings. The fraction of sp³-hybridized carbons (Fsp3) is 0. The number of aromatic carboxylic acids is 1. The van der Waals surface area contributed by atoms with E-state index in [1.54, 1.807) is 12.4 Å². The van der Waals surface area contributed by atoms with Crippen molar-refractivity contribution in [1.29, 1.82) is 0 Å². The lowest BCUT2D eigenvalue weighted by Gasteiger charge is -2.01. The summed E-state index contributed by atoms with van der Waals surface area (Å²) in [6.07, 6.45) is 3.31. The summed E-state index contributed by atoms with van der Waals surface area (Å²) in [6, 6.07) is 11.2. The number of carbonyl (C=O) groups is 1. The molecule has 2 heterocycles. The fourth-order valence-corrected chi connectivity index (χ4v) is 2.12. The van der Waals surface area contributed by atoms with Crippen LogP contribution in [0.4, 0.5) is 0 Å². The van der Waals surface area contributed by atoms with E-state index in [1.165, 1.54) is 0 Å². The molecular weight excluding hydrogens is 228 g/mol. The Hall–Kier alpha value is -2.62. The Morgan fingerprint density at radius 3 is 2.56 bits per heavy atom. The third kappa shape index (κ3) is 1.55. The van der Waals surface area contributed by atoms with Crippen LogP contribution in [-0.4, -0.2) is 21.0 Å². The summed E-state index contributed by atoms with van der Waals surface area (Å²) in [4.78, 5) is 18.2. The third-order valence-electron chi connectivity index (χ3n) is 2.89. The number of H-pyrrole nitrogens is 1. The van der Waals surface area contributed by atoms with Crippen molar-refractivity contribution in [3.8, 4) is 11.1 Å². The monoisotopic (exact) mass is 238 g/mol. The maximum Gasteiger partial charge on any atom is 0.352 e. The largest absolute Gasteiger partial charge is 0.477 e. The molecule has 0 aliphatic heterocycles. The number of aromatic amines is 1. The van der Waals surface area contributed by atoms with Gasteiger partial charge in [0.25, 0.3) is 0 Å². The van der Waals surface area contributed by atoms with Crippen LogP contribution in [0.25, 0.3) is 22.0 Å². The molecule has 2 N–H and O–H groups in total. The summed E-state index contributed by atoms with van der Waals surface area (Å²) < 4.78 is 0. The quantitative estimate of drug-likeness (QED) is 0.721. The predicted octanol–water partition coefficient (Wildman–Crippen LogP) is 2.93. The van der Waals surface area contributed by atoms with Crippen LogP contribution in [0.15, 0.2) is 48.8 Å². The Balaban J connectivity index is 2.38. The number of hydrogen-bond acceptors (Lipinski definition) is 2. The van der Waals surface area contributed by atoms with Gasteiger partial charge in [0.2, 0.25) is 0 Å². The Bertz CT molecular complexity index is 717. The summed E-state index contributed by atoms with van der Waals surface area (Å²) in [5.74, 6) is -0.960. The van der Waals surface area contributed by atoms with Crippen LogP contribution in [0.2, 0.25) is 0 Å². The second-order valence-corrected chi connectivity index (χ2v) is 3.96. The van der Waals surface area contributed by atoms with Crippen molar-refractivity contribution >= 4 is 16.9 Å². The molecule has 0 radical (unpaired) electrons. The number of para-hydroxylation sites is 1. The highest BCUT2D eigenvalue weighted by atomic mass is 16.4. The van der Waals surface area contributed by atoms with Gasteiger partial charge in [-0.15, -0.1) is 0 Å². The van der Waals surface area contributed by atoms with Gasteiger partial charge in [0.05, 0.1) is 0 Å². The standard InChI is InChI=1S/C14H10N2O2/c17-14(18)13-12(9-5-7-15-8-6-9)10-3-1-2-4-11(10)16-13/h1-8,16H,(H,17,18). The average Bonchev–Trinajstić information content (AvgIpc) is 2.79. The zero-order valence-corrected chi connectivity index (χ0v) is 9.42. The van der Waals surface area contributed by atoms with Crippen molar-refractivity contribution in [3.05, 3.63) is 54.5 Å². The smallest absolute Gasteiger partial charge is 0.352 e. The molecule has 88 valence electrons. The van der Waals surface area contributed by atoms with Gasteiger partial charge < -0.3 is 10.1 Å². The van der Waals surface area contributed by atoms with E-state index in [9.17, 15) is 9.90 Å². The molecule has 0 bridgehead atoms. The van der Waals surface area contributed by atoms with Gasteiger partial charge in [-0.05, 0) is 23.8 Å². The van der Waals surface area contributed by atoms with Gasteiger partial charge in [0.15, 0.2) is 0 Å². The van der Waals surface area contributed by atoms with Gasteiger partial charge in [0, 0.05) is 28.9 Å². The highest BCUT2D eigenvalue weighted by Gasteiger charge is 2.17. The van der Waals surface area contributed by atoms with Crippen molar-refractivity contribution in [1.82, 2.24) is 9.97 Å². The van der Waals surface area contributed by atoms with E-state index in [1.807, 2.05) is 36.4 Å². The summed E-state index contributed by atoms with van der Waals surface area (Å²) in [5, 5.41) is 10.2. The number of hydrogen-bond donors (Lipinski definition) is 2. The van der Waals surface area contributed by atoms with Crippen LogP contribution in [0.1, 0.15) is 10.5 Å². The summed E-state index contributed by atoms with van der Waals surface area (Å²) in [7, 11) is 0. The highest BCUT2D eigenvalue weighted by Crippen LogP contribution is 2.31. The molecule has 2 aromatic heterocycles. The van der Waals surface area contributed by atoms with E-state index in [4.69, 9.17) is 0 Å². The third-order valence-corrected chi connectivity index (χ3v) is 2.89. The highest BCUT2D eigenvalue weighted by molar-refractivity contribution is 6.07. The molecule has 3 rings (SSSR count). The van der Waals surface area contributed by atoms with E-state index < -0.39 is 5.97 Å². The van der Waals surface area contributed by atoms with Gasteiger partial charge in [-0.3, -0.25) is 4.98 Å². The molecule has 0 spiro atoms. The number of carboxylic acids is 1. The van der Waals surface area contributed by atoms with Crippen LogP contribution >= 0.6 is 0 Å². The molecule has 0 unspecified atom stereocenters. The van der Waals surface area contributed by atoms with Crippen LogP contribution in [0, 0.1) is 0 Å². The number of carboxylic acid groups (broad SMARTS) is 1. The first kappa shape index (κ1) is 10.5. The molecule has 18 heavy (non-hydrogen) atoms. The summed E-state index contributed by atoms with van der Waals surface area (Å²) in [6.45, 7) is 0. The Morgan fingerprint density at radius 1 is 1.11 bits per heavy atom.